The van der Waals surface area contributed by atoms with E-state index in [1.54, 1.807) is 0 Å². The number of amides is 1. The maximum atomic E-state index is 12.5. The normalized spacial score (nSPS) is 36.7. The molecule has 21 heavy (non-hydrogen) atoms. The zero-order chi connectivity index (χ0) is 15.0. The largest absolute Gasteiger partial charge is 0.481 e. The number of aliphatic carboxylic acids is 1. The number of ether oxygens (including phenoxy) is 1. The van der Waals surface area contributed by atoms with Crippen molar-refractivity contribution in [3.8, 4) is 0 Å². The second-order valence-corrected chi connectivity index (χ2v) is 7.26. The van der Waals surface area contributed by atoms with E-state index in [4.69, 9.17) is 9.84 Å². The van der Waals surface area contributed by atoms with E-state index in [9.17, 15) is 9.59 Å². The second-order valence-electron chi connectivity index (χ2n) is 7.26. The molecule has 1 N–H and O–H groups in total. The van der Waals surface area contributed by atoms with E-state index in [-0.39, 0.29) is 24.5 Å². The van der Waals surface area contributed by atoms with Gasteiger partial charge in [0.15, 0.2) is 0 Å². The van der Waals surface area contributed by atoms with Gasteiger partial charge in [0.2, 0.25) is 5.91 Å². The van der Waals surface area contributed by atoms with Gasteiger partial charge in [-0.3, -0.25) is 9.59 Å². The van der Waals surface area contributed by atoms with E-state index in [1.807, 2.05) is 4.90 Å². The number of carbonyl (C=O) groups excluding carboxylic acids is 1. The molecule has 4 fully saturated rings. The highest BCUT2D eigenvalue weighted by Crippen LogP contribution is 2.57. The molecule has 1 amide bonds. The predicted molar refractivity (Wildman–Crippen MR) is 76.7 cm³/mol. The third-order valence-corrected chi connectivity index (χ3v) is 5.70. The van der Waals surface area contributed by atoms with Crippen LogP contribution in [0.4, 0.5) is 0 Å². The number of nitrogens with zero attached hydrogens (tertiary/aromatic N) is 1. The van der Waals surface area contributed by atoms with Crippen LogP contribution in [0.5, 0.6) is 0 Å². The van der Waals surface area contributed by atoms with Crippen molar-refractivity contribution < 1.29 is 19.4 Å². The maximum absolute atomic E-state index is 12.5. The van der Waals surface area contributed by atoms with Crippen LogP contribution < -0.4 is 0 Å². The van der Waals surface area contributed by atoms with Crippen LogP contribution in [0.25, 0.3) is 0 Å². The molecule has 0 aromatic heterocycles. The van der Waals surface area contributed by atoms with Gasteiger partial charge in [-0.1, -0.05) is 0 Å². The molecule has 4 aliphatic rings. The molecule has 5 nitrogen and oxygen atoms in total. The Hall–Kier alpha value is -1.10. The number of carbonyl (C=O) groups is 2. The number of carboxylic acid groups (broad SMARTS) is 1. The summed E-state index contributed by atoms with van der Waals surface area (Å²) in [5.41, 5.74) is -0.0835. The fraction of sp³-hybridized carbons (Fsp3) is 0.875. The van der Waals surface area contributed by atoms with Crippen molar-refractivity contribution in [1.82, 2.24) is 4.90 Å². The number of rotatable bonds is 6. The Bertz CT molecular complexity index is 399. The molecule has 4 bridgehead atoms. The first kappa shape index (κ1) is 14.8. The second kappa shape index (κ2) is 5.59. The van der Waals surface area contributed by atoms with Crippen molar-refractivity contribution in [2.45, 2.75) is 50.5 Å². The lowest BCUT2D eigenvalue weighted by atomic mass is 9.52. The predicted octanol–water partition coefficient (Wildman–Crippen LogP) is 1.90. The van der Waals surface area contributed by atoms with E-state index in [1.165, 1.54) is 26.4 Å². The first-order valence-electron chi connectivity index (χ1n) is 8.03. The summed E-state index contributed by atoms with van der Waals surface area (Å²) in [4.78, 5) is 25.3. The first-order valence-corrected chi connectivity index (χ1v) is 8.03. The SMILES string of the molecule is COCC(=O)N(CCC(=O)O)C12CC3CC(CC(C3)C1)C2. The fourth-order valence-corrected chi connectivity index (χ4v) is 5.43. The minimum Gasteiger partial charge on any atom is -0.481 e. The lowest BCUT2D eigenvalue weighted by Gasteiger charge is -2.60. The van der Waals surface area contributed by atoms with Crippen molar-refractivity contribution in [2.75, 3.05) is 20.3 Å². The summed E-state index contributed by atoms with van der Waals surface area (Å²) < 4.78 is 5.02. The molecule has 0 heterocycles. The van der Waals surface area contributed by atoms with E-state index in [0.29, 0.717) is 6.54 Å². The summed E-state index contributed by atoms with van der Waals surface area (Å²) in [5.74, 6) is 1.33. The van der Waals surface area contributed by atoms with Crippen LogP contribution in [0, 0.1) is 17.8 Å². The van der Waals surface area contributed by atoms with Gasteiger partial charge in [-0.25, -0.2) is 0 Å². The maximum Gasteiger partial charge on any atom is 0.305 e. The highest BCUT2D eigenvalue weighted by atomic mass is 16.5. The first-order chi connectivity index (χ1) is 10.0. The van der Waals surface area contributed by atoms with Crippen molar-refractivity contribution in [1.29, 1.82) is 0 Å². The Labute approximate surface area is 125 Å². The third kappa shape index (κ3) is 2.80. The molecule has 0 aromatic rings. The quantitative estimate of drug-likeness (QED) is 0.813. The van der Waals surface area contributed by atoms with Gasteiger partial charge in [-0.2, -0.15) is 0 Å². The lowest BCUT2D eigenvalue weighted by Crippen LogP contribution is -2.62. The van der Waals surface area contributed by atoms with Gasteiger partial charge < -0.3 is 14.7 Å². The molecule has 0 atom stereocenters. The number of methoxy groups -OCH3 is 1. The van der Waals surface area contributed by atoms with Gasteiger partial charge in [-0.05, 0) is 56.3 Å². The summed E-state index contributed by atoms with van der Waals surface area (Å²) in [5, 5.41) is 8.99. The fourth-order valence-electron chi connectivity index (χ4n) is 5.43. The molecule has 4 aliphatic carbocycles. The van der Waals surface area contributed by atoms with Crippen LogP contribution in [0.3, 0.4) is 0 Å². The molecule has 5 heteroatoms. The number of hydrogen-bond donors (Lipinski definition) is 1. The van der Waals surface area contributed by atoms with Gasteiger partial charge in [0.1, 0.15) is 6.61 Å². The molecule has 4 rings (SSSR count). The molecule has 0 aliphatic heterocycles. The lowest BCUT2D eigenvalue weighted by molar-refractivity contribution is -0.156. The van der Waals surface area contributed by atoms with Crippen LogP contribution in [0.1, 0.15) is 44.9 Å². The van der Waals surface area contributed by atoms with Crippen LogP contribution in [0.2, 0.25) is 0 Å². The third-order valence-electron chi connectivity index (χ3n) is 5.70. The summed E-state index contributed by atoms with van der Waals surface area (Å²) >= 11 is 0. The highest BCUT2D eigenvalue weighted by Gasteiger charge is 2.54. The Morgan fingerprint density at radius 2 is 1.67 bits per heavy atom. The van der Waals surface area contributed by atoms with Gasteiger partial charge >= 0.3 is 5.97 Å². The number of carboxylic acids is 1. The zero-order valence-electron chi connectivity index (χ0n) is 12.7. The van der Waals surface area contributed by atoms with Crippen LogP contribution in [0.15, 0.2) is 0 Å². The standard InChI is InChI=1S/C16H25NO4/c1-21-10-14(18)17(3-2-15(19)20)16-7-11-4-12(8-16)6-13(5-11)9-16/h11-13H,2-10H2,1H3,(H,19,20). The van der Waals surface area contributed by atoms with Crippen molar-refractivity contribution in [3.05, 3.63) is 0 Å². The minimum atomic E-state index is -0.838. The van der Waals surface area contributed by atoms with Gasteiger partial charge in [-0.15, -0.1) is 0 Å². The Kier molecular flexibility index (Phi) is 3.95. The average molecular weight is 295 g/mol. The summed E-state index contributed by atoms with van der Waals surface area (Å²) in [6.45, 7) is 0.380. The molecule has 0 saturated heterocycles. The Morgan fingerprint density at radius 3 is 2.10 bits per heavy atom. The Morgan fingerprint density at radius 1 is 1.14 bits per heavy atom. The Balaban J connectivity index is 1.81. The average Bonchev–Trinajstić information content (AvgIpc) is 2.36. The summed E-state index contributed by atoms with van der Waals surface area (Å²) in [7, 11) is 1.52. The van der Waals surface area contributed by atoms with Crippen molar-refractivity contribution in [3.63, 3.8) is 0 Å². The minimum absolute atomic E-state index is 0.0250. The van der Waals surface area contributed by atoms with Gasteiger partial charge in [0, 0.05) is 19.2 Å². The molecular weight excluding hydrogens is 270 g/mol. The van der Waals surface area contributed by atoms with Crippen LogP contribution in [-0.4, -0.2) is 47.7 Å². The molecule has 0 radical (unpaired) electrons. The van der Waals surface area contributed by atoms with Gasteiger partial charge in [0.25, 0.3) is 0 Å². The number of hydrogen-bond acceptors (Lipinski definition) is 3. The highest BCUT2D eigenvalue weighted by molar-refractivity contribution is 5.79. The molecule has 4 saturated carbocycles. The van der Waals surface area contributed by atoms with Crippen LogP contribution >= 0.6 is 0 Å². The summed E-state index contributed by atoms with van der Waals surface area (Å²) in [6.07, 6.45) is 7.15. The molecule has 118 valence electrons. The monoisotopic (exact) mass is 295 g/mol. The molecule has 0 aromatic carbocycles. The van der Waals surface area contributed by atoms with E-state index >= 15 is 0 Å². The van der Waals surface area contributed by atoms with E-state index < -0.39 is 5.97 Å². The topological polar surface area (TPSA) is 66.8 Å². The van der Waals surface area contributed by atoms with Crippen LogP contribution in [-0.2, 0) is 14.3 Å². The summed E-state index contributed by atoms with van der Waals surface area (Å²) in [6, 6.07) is 0. The smallest absolute Gasteiger partial charge is 0.305 e. The zero-order valence-corrected chi connectivity index (χ0v) is 12.7. The van der Waals surface area contributed by atoms with Crippen molar-refractivity contribution >= 4 is 11.9 Å². The van der Waals surface area contributed by atoms with E-state index in [0.717, 1.165) is 37.0 Å². The van der Waals surface area contributed by atoms with Gasteiger partial charge in [0.05, 0.1) is 6.42 Å². The molecule has 0 unspecified atom stereocenters. The molecule has 0 spiro atoms. The van der Waals surface area contributed by atoms with Crippen molar-refractivity contribution in [2.24, 2.45) is 17.8 Å². The van der Waals surface area contributed by atoms with E-state index in [2.05, 4.69) is 0 Å². The molecular formula is C16H25NO4.